The van der Waals surface area contributed by atoms with E-state index < -0.39 is 0 Å². The molecule has 0 saturated carbocycles. The molecule has 4 aromatic rings. The van der Waals surface area contributed by atoms with Crippen molar-refractivity contribution in [2.45, 2.75) is 89.9 Å². The number of rotatable bonds is 18. The molecule has 8 heteroatoms. The van der Waals surface area contributed by atoms with Crippen molar-refractivity contribution in [3.8, 4) is 11.5 Å². The van der Waals surface area contributed by atoms with Crippen molar-refractivity contribution in [2.24, 2.45) is 0 Å². The molecule has 0 spiro atoms. The van der Waals surface area contributed by atoms with Crippen LogP contribution >= 0.6 is 31.9 Å². The van der Waals surface area contributed by atoms with Gasteiger partial charge in [0.1, 0.15) is 23.8 Å². The van der Waals surface area contributed by atoms with Gasteiger partial charge < -0.3 is 19.5 Å². The molecule has 1 N–H and O–H groups in total. The summed E-state index contributed by atoms with van der Waals surface area (Å²) in [5, 5.41) is 11.7. The third kappa shape index (κ3) is 8.93. The second kappa shape index (κ2) is 18.3. The van der Waals surface area contributed by atoms with Gasteiger partial charge in [0.2, 0.25) is 11.5 Å². The average Bonchev–Trinajstić information content (AvgIpc) is 3.56. The lowest BCUT2D eigenvalue weighted by Crippen LogP contribution is -2.32. The summed E-state index contributed by atoms with van der Waals surface area (Å²) >= 11 is 7.06. The SMILES string of the molecule is CC1(C)C(=CC2=C(O)C(=CC3=[N+](CCCCCCOc4cc(Br)cc(Br)c4)c4ccccc4C3(C)C)C2=O)N(CCCCCCOc2ccccc2)c2ccccc21. The number of hydrogen-bond acceptors (Lipinski definition) is 5. The van der Waals surface area contributed by atoms with E-state index in [1.54, 1.807) is 0 Å². The maximum atomic E-state index is 14.1. The van der Waals surface area contributed by atoms with Gasteiger partial charge in [-0.3, -0.25) is 4.79 Å². The highest BCUT2D eigenvalue weighted by atomic mass is 79.9. The van der Waals surface area contributed by atoms with Gasteiger partial charge in [0.05, 0.1) is 29.8 Å². The highest BCUT2D eigenvalue weighted by Crippen LogP contribution is 2.49. The maximum absolute atomic E-state index is 14.1. The summed E-state index contributed by atoms with van der Waals surface area (Å²) in [4.78, 5) is 16.4. The summed E-state index contributed by atoms with van der Waals surface area (Å²) in [5.74, 6) is 1.75. The topological polar surface area (TPSA) is 62.0 Å². The molecule has 3 aliphatic rings. The minimum atomic E-state index is -0.329. The minimum absolute atomic E-state index is 0.0827. The number of unbranched alkanes of at least 4 members (excludes halogenated alkanes) is 6. The van der Waals surface area contributed by atoms with E-state index in [0.717, 1.165) is 96.3 Å². The number of ether oxygens (including phenoxy) is 2. The van der Waals surface area contributed by atoms with Crippen LogP contribution in [0.5, 0.6) is 11.5 Å². The van der Waals surface area contributed by atoms with Gasteiger partial charge in [-0.2, -0.15) is 4.58 Å². The van der Waals surface area contributed by atoms with Gasteiger partial charge in [0.15, 0.2) is 5.71 Å². The van der Waals surface area contributed by atoms with Crippen molar-refractivity contribution < 1.29 is 24.0 Å². The van der Waals surface area contributed by atoms with Crippen molar-refractivity contribution in [1.29, 1.82) is 0 Å². The van der Waals surface area contributed by atoms with Crippen LogP contribution in [-0.2, 0) is 15.6 Å². The molecule has 6 nitrogen and oxygen atoms in total. The molecule has 1 aliphatic carbocycles. The third-order valence-electron chi connectivity index (χ3n) is 11.8. The van der Waals surface area contributed by atoms with Gasteiger partial charge >= 0.3 is 0 Å². The molecule has 7 rings (SSSR count). The maximum Gasteiger partial charge on any atom is 0.209 e. The number of fused-ring (bicyclic) bond motifs is 2. The van der Waals surface area contributed by atoms with Crippen molar-refractivity contribution in [1.82, 2.24) is 0 Å². The Kier molecular flexibility index (Phi) is 13.1. The Morgan fingerprint density at radius 1 is 0.672 bits per heavy atom. The molecule has 302 valence electrons. The highest BCUT2D eigenvalue weighted by molar-refractivity contribution is 9.11. The van der Waals surface area contributed by atoms with Gasteiger partial charge in [0, 0.05) is 56.4 Å². The number of nitrogens with zero attached hydrogens (tertiary/aromatic N) is 2. The molecule has 2 aliphatic heterocycles. The number of carbonyl (C=O) groups is 1. The molecule has 0 aromatic heterocycles. The van der Waals surface area contributed by atoms with Crippen LogP contribution in [0.25, 0.3) is 0 Å². The van der Waals surface area contributed by atoms with Crippen LogP contribution in [0.15, 0.2) is 141 Å². The van der Waals surface area contributed by atoms with E-state index in [0.29, 0.717) is 24.4 Å². The van der Waals surface area contributed by atoms with Gasteiger partial charge in [-0.25, -0.2) is 0 Å². The predicted octanol–water partition coefficient (Wildman–Crippen LogP) is 12.9. The fraction of sp³-hybridized carbons (Fsp3) is 0.360. The lowest BCUT2D eigenvalue weighted by Gasteiger charge is -2.29. The van der Waals surface area contributed by atoms with E-state index in [2.05, 4.69) is 118 Å². The van der Waals surface area contributed by atoms with E-state index in [4.69, 9.17) is 9.47 Å². The Balaban J connectivity index is 1.04. The Morgan fingerprint density at radius 2 is 1.28 bits per heavy atom. The molecule has 58 heavy (non-hydrogen) atoms. The molecule has 0 radical (unpaired) electrons. The number of anilines is 1. The van der Waals surface area contributed by atoms with E-state index in [1.807, 2.05) is 60.7 Å². The molecule has 0 unspecified atom stereocenters. The lowest BCUT2D eigenvalue weighted by molar-refractivity contribution is -0.438. The lowest BCUT2D eigenvalue weighted by atomic mass is 9.77. The fourth-order valence-electron chi connectivity index (χ4n) is 8.63. The molecule has 0 fully saturated rings. The first-order chi connectivity index (χ1) is 28.0. The van der Waals surface area contributed by atoms with Crippen molar-refractivity contribution in [3.05, 3.63) is 152 Å². The summed E-state index contributed by atoms with van der Waals surface area (Å²) in [6.07, 6.45) is 12.2. The standard InChI is InChI=1S/C50H54Br2N2O4/c1-49(2)41-22-12-14-24-43(41)53(26-16-5-7-18-28-57-37-20-10-9-11-21-37)45(49)33-39-47(55)40(48(39)56)34-46-50(3,4)42-23-13-15-25-44(42)54(46)27-17-6-8-19-29-58-38-31-35(51)30-36(52)32-38/h9-15,20-25,30-34H,5-8,16-19,26-29H2,1-4H3/p+1. The van der Waals surface area contributed by atoms with E-state index in [9.17, 15) is 9.90 Å². The highest BCUT2D eigenvalue weighted by Gasteiger charge is 2.47. The van der Waals surface area contributed by atoms with E-state index >= 15 is 0 Å². The number of Topliss-reactive ketones (excluding diaryl/α,β-unsaturated/α-hetero) is 1. The molecule has 2 heterocycles. The molecule has 0 saturated heterocycles. The second-order valence-electron chi connectivity index (χ2n) is 16.6. The first kappa shape index (κ1) is 41.7. The Morgan fingerprint density at radius 3 is 1.98 bits per heavy atom. The summed E-state index contributed by atoms with van der Waals surface area (Å²) in [7, 11) is 0. The van der Waals surface area contributed by atoms with Gasteiger partial charge in [-0.05, 0) is 94.0 Å². The molecule has 0 amide bonds. The molecule has 0 atom stereocenters. The Hall–Kier alpha value is -4.40. The van der Waals surface area contributed by atoms with Crippen LogP contribution in [0.1, 0.15) is 90.2 Å². The number of hydrogen-bond donors (Lipinski definition) is 1. The number of carbonyl (C=O) groups excluding carboxylic acids is 1. The zero-order chi connectivity index (χ0) is 40.9. The number of benzene rings is 4. The van der Waals surface area contributed by atoms with Crippen LogP contribution < -0.4 is 14.4 Å². The summed E-state index contributed by atoms with van der Waals surface area (Å²) < 4.78 is 16.2. The molecular formula is C50H55Br2N2O4+. The largest absolute Gasteiger partial charge is 0.506 e. The van der Waals surface area contributed by atoms with Crippen LogP contribution in [0.4, 0.5) is 11.4 Å². The first-order valence-corrected chi connectivity index (χ1v) is 22.4. The minimum Gasteiger partial charge on any atom is -0.506 e. The summed E-state index contributed by atoms with van der Waals surface area (Å²) in [6.45, 7) is 11.9. The fourth-order valence-corrected chi connectivity index (χ4v) is 9.88. The van der Waals surface area contributed by atoms with E-state index in [-0.39, 0.29) is 22.4 Å². The number of ketones is 1. The number of aliphatic hydroxyl groups is 1. The molecule has 4 aromatic carbocycles. The number of aliphatic hydroxyl groups excluding tert-OH is 1. The molecular weight excluding hydrogens is 852 g/mol. The normalized spacial score (nSPS) is 17.9. The molecule has 0 bridgehead atoms. The van der Waals surface area contributed by atoms with Crippen LogP contribution in [0, 0.1) is 0 Å². The second-order valence-corrected chi connectivity index (χ2v) is 18.4. The number of para-hydroxylation sites is 3. The van der Waals surface area contributed by atoms with Crippen molar-refractivity contribution in [2.75, 3.05) is 31.2 Å². The smallest absolute Gasteiger partial charge is 0.209 e. The Labute approximate surface area is 361 Å². The van der Waals surface area contributed by atoms with Crippen molar-refractivity contribution in [3.63, 3.8) is 0 Å². The summed E-state index contributed by atoms with van der Waals surface area (Å²) in [5.41, 5.74) is 7.04. The van der Waals surface area contributed by atoms with E-state index in [1.165, 1.54) is 22.5 Å². The van der Waals surface area contributed by atoms with Crippen LogP contribution in [-0.4, -0.2) is 47.5 Å². The monoisotopic (exact) mass is 905 g/mol. The third-order valence-corrected chi connectivity index (χ3v) is 12.7. The van der Waals surface area contributed by atoms with Crippen LogP contribution in [0.3, 0.4) is 0 Å². The quantitative estimate of drug-likeness (QED) is 0.0612. The average molecular weight is 908 g/mol. The van der Waals surface area contributed by atoms with Gasteiger partial charge in [0.25, 0.3) is 0 Å². The summed E-state index contributed by atoms with van der Waals surface area (Å²) in [6, 6.07) is 33.0. The van der Waals surface area contributed by atoms with Gasteiger partial charge in [-0.15, -0.1) is 0 Å². The number of halogens is 2. The Bertz CT molecular complexity index is 2250. The van der Waals surface area contributed by atoms with Crippen LogP contribution in [0.2, 0.25) is 0 Å². The van der Waals surface area contributed by atoms with Gasteiger partial charge in [-0.1, -0.05) is 113 Å². The van der Waals surface area contributed by atoms with Crippen molar-refractivity contribution >= 4 is 54.7 Å². The zero-order valence-electron chi connectivity index (χ0n) is 34.2. The number of allylic oxidation sites excluding steroid dienone is 5. The zero-order valence-corrected chi connectivity index (χ0v) is 37.4. The predicted molar refractivity (Wildman–Crippen MR) is 243 cm³/mol. The first-order valence-electron chi connectivity index (χ1n) is 20.8.